The van der Waals surface area contributed by atoms with Crippen LogP contribution < -0.4 is 0 Å². The number of benzene rings is 2. The molecule has 2 heterocycles. The van der Waals surface area contributed by atoms with Crippen LogP contribution in [0.15, 0.2) is 47.4 Å². The Balaban J connectivity index is 1.53. The molecule has 3 aromatic rings. The third-order valence-electron chi connectivity index (χ3n) is 4.53. The van der Waals surface area contributed by atoms with Crippen molar-refractivity contribution in [1.29, 1.82) is 0 Å². The lowest BCUT2D eigenvalue weighted by atomic mass is 10.1. The van der Waals surface area contributed by atoms with E-state index in [1.54, 1.807) is 35.2 Å². The molecule has 1 N–H and O–H groups in total. The quantitative estimate of drug-likeness (QED) is 0.710. The van der Waals surface area contributed by atoms with Crippen LogP contribution in [0, 0.1) is 0 Å². The van der Waals surface area contributed by atoms with Crippen molar-refractivity contribution in [2.75, 3.05) is 26.2 Å². The van der Waals surface area contributed by atoms with Crippen LogP contribution in [0.1, 0.15) is 10.4 Å². The van der Waals surface area contributed by atoms with Crippen molar-refractivity contribution >= 4 is 38.7 Å². The molecule has 0 spiro atoms. The van der Waals surface area contributed by atoms with Crippen molar-refractivity contribution in [3.8, 4) is 5.75 Å². The molecule has 1 aliphatic heterocycles. The molecule has 27 heavy (non-hydrogen) atoms. The molecule has 140 valence electrons. The minimum atomic E-state index is -3.73. The fourth-order valence-corrected chi connectivity index (χ4v) is 5.26. The zero-order valence-electron chi connectivity index (χ0n) is 14.1. The highest BCUT2D eigenvalue weighted by molar-refractivity contribution is 7.89. The lowest BCUT2D eigenvalue weighted by Gasteiger charge is -2.34. The van der Waals surface area contributed by atoms with Crippen molar-refractivity contribution in [2.24, 2.45) is 0 Å². The van der Waals surface area contributed by atoms with E-state index in [4.69, 9.17) is 0 Å². The number of rotatable bonds is 3. The molecular formula is C17H16N4O4S2. The third-order valence-corrected chi connectivity index (χ3v) is 7.00. The second-order valence-electron chi connectivity index (χ2n) is 6.10. The number of hydrogen-bond donors (Lipinski definition) is 1. The zero-order valence-corrected chi connectivity index (χ0v) is 15.8. The smallest absolute Gasteiger partial charge is 0.257 e. The molecule has 0 radical (unpaired) electrons. The Morgan fingerprint density at radius 1 is 1.00 bits per heavy atom. The molecule has 1 saturated heterocycles. The van der Waals surface area contributed by atoms with Gasteiger partial charge < -0.3 is 10.0 Å². The number of sulfonamides is 1. The molecule has 8 nitrogen and oxygen atoms in total. The summed E-state index contributed by atoms with van der Waals surface area (Å²) < 4.78 is 35.6. The van der Waals surface area contributed by atoms with Crippen LogP contribution >= 0.6 is 11.7 Å². The van der Waals surface area contributed by atoms with E-state index < -0.39 is 10.0 Å². The summed E-state index contributed by atoms with van der Waals surface area (Å²) in [5.41, 5.74) is 1.14. The Labute approximate surface area is 160 Å². The molecule has 0 saturated carbocycles. The van der Waals surface area contributed by atoms with Gasteiger partial charge in [-0.15, -0.1) is 0 Å². The Morgan fingerprint density at radius 3 is 2.48 bits per heavy atom. The lowest BCUT2D eigenvalue weighted by molar-refractivity contribution is 0.0695. The molecule has 1 amide bonds. The number of para-hydroxylation sites is 1. The summed E-state index contributed by atoms with van der Waals surface area (Å²) in [5, 5.41) is 9.86. The van der Waals surface area contributed by atoms with E-state index in [0.29, 0.717) is 11.0 Å². The fourth-order valence-electron chi connectivity index (χ4n) is 3.09. The van der Waals surface area contributed by atoms with Crippen LogP contribution in [0.25, 0.3) is 11.0 Å². The van der Waals surface area contributed by atoms with Crippen molar-refractivity contribution in [3.63, 3.8) is 0 Å². The molecule has 1 aliphatic rings. The summed E-state index contributed by atoms with van der Waals surface area (Å²) in [4.78, 5) is 14.2. The number of nitrogens with zero attached hydrogens (tertiary/aromatic N) is 4. The van der Waals surface area contributed by atoms with Crippen molar-refractivity contribution in [1.82, 2.24) is 18.0 Å². The molecule has 4 rings (SSSR count). The maximum absolute atomic E-state index is 13.0. The second kappa shape index (κ2) is 6.87. The average Bonchev–Trinajstić information content (AvgIpc) is 3.16. The number of carbonyl (C=O) groups excluding carboxylic acids is 1. The molecule has 0 unspecified atom stereocenters. The SMILES string of the molecule is O=C(c1ccccc1O)N1CCN(S(=O)(=O)c2cccc3nsnc23)CC1. The molecule has 0 aliphatic carbocycles. The number of amides is 1. The van der Waals surface area contributed by atoms with Gasteiger partial charge >= 0.3 is 0 Å². The maximum atomic E-state index is 13.0. The molecule has 0 bridgehead atoms. The van der Waals surface area contributed by atoms with Gasteiger partial charge in [0.25, 0.3) is 5.91 Å². The zero-order chi connectivity index (χ0) is 19.0. The molecular weight excluding hydrogens is 388 g/mol. The largest absolute Gasteiger partial charge is 0.507 e. The number of aromatic hydroxyl groups is 1. The Morgan fingerprint density at radius 2 is 1.74 bits per heavy atom. The van der Waals surface area contributed by atoms with Gasteiger partial charge in [-0.25, -0.2) is 8.42 Å². The van der Waals surface area contributed by atoms with Crippen LogP contribution in [0.2, 0.25) is 0 Å². The van der Waals surface area contributed by atoms with Gasteiger partial charge in [-0.05, 0) is 24.3 Å². The number of hydrogen-bond acceptors (Lipinski definition) is 7. The number of piperazine rings is 1. The molecule has 2 aromatic carbocycles. The number of carbonyl (C=O) groups is 1. The van der Waals surface area contributed by atoms with Crippen molar-refractivity contribution in [2.45, 2.75) is 4.90 Å². The van der Waals surface area contributed by atoms with Gasteiger partial charge in [0.05, 0.1) is 17.3 Å². The molecule has 0 atom stereocenters. The van der Waals surface area contributed by atoms with E-state index in [0.717, 1.165) is 11.7 Å². The Hall–Kier alpha value is -2.56. The number of fused-ring (bicyclic) bond motifs is 1. The first-order chi connectivity index (χ1) is 13.0. The van der Waals surface area contributed by atoms with Gasteiger partial charge in [0.1, 0.15) is 21.7 Å². The highest BCUT2D eigenvalue weighted by Crippen LogP contribution is 2.26. The number of phenolic OH excluding ortho intramolecular Hbond substituents is 1. The maximum Gasteiger partial charge on any atom is 0.257 e. The summed E-state index contributed by atoms with van der Waals surface area (Å²) in [6, 6.07) is 11.2. The van der Waals surface area contributed by atoms with Crippen LogP contribution in [-0.2, 0) is 10.0 Å². The van der Waals surface area contributed by atoms with Gasteiger partial charge in [-0.2, -0.15) is 13.1 Å². The van der Waals surface area contributed by atoms with E-state index in [1.807, 2.05) is 0 Å². The standard InChI is InChI=1S/C17H16N4O4S2/c22-14-6-2-1-4-12(14)17(23)20-8-10-21(11-9-20)27(24,25)15-7-3-5-13-16(15)19-26-18-13/h1-7,22H,8-11H2. The van der Waals surface area contributed by atoms with Gasteiger partial charge in [0.2, 0.25) is 10.0 Å². The average molecular weight is 404 g/mol. The van der Waals surface area contributed by atoms with Crippen LogP contribution in [0.5, 0.6) is 5.75 Å². The lowest BCUT2D eigenvalue weighted by Crippen LogP contribution is -2.50. The minimum absolute atomic E-state index is 0.0831. The predicted molar refractivity (Wildman–Crippen MR) is 100 cm³/mol. The summed E-state index contributed by atoms with van der Waals surface area (Å²) >= 11 is 0.974. The van der Waals surface area contributed by atoms with Crippen molar-refractivity contribution in [3.05, 3.63) is 48.0 Å². The first-order valence-corrected chi connectivity index (χ1v) is 10.4. The topological polar surface area (TPSA) is 104 Å². The fraction of sp³-hybridized carbons (Fsp3) is 0.235. The number of aromatic nitrogens is 2. The summed E-state index contributed by atoms with van der Waals surface area (Å²) in [7, 11) is -3.73. The van der Waals surface area contributed by atoms with E-state index in [-0.39, 0.29) is 48.3 Å². The van der Waals surface area contributed by atoms with Gasteiger partial charge in [-0.1, -0.05) is 18.2 Å². The Bertz CT molecular complexity index is 1100. The second-order valence-corrected chi connectivity index (χ2v) is 8.54. The normalized spacial score (nSPS) is 15.9. The predicted octanol–water partition coefficient (Wildman–Crippen LogP) is 1.54. The van der Waals surface area contributed by atoms with E-state index in [2.05, 4.69) is 8.75 Å². The van der Waals surface area contributed by atoms with Crippen molar-refractivity contribution < 1.29 is 18.3 Å². The molecule has 10 heteroatoms. The van der Waals surface area contributed by atoms with E-state index >= 15 is 0 Å². The highest BCUT2D eigenvalue weighted by Gasteiger charge is 2.32. The highest BCUT2D eigenvalue weighted by atomic mass is 32.2. The molecule has 1 aromatic heterocycles. The van der Waals surface area contributed by atoms with Gasteiger partial charge in [0.15, 0.2) is 0 Å². The summed E-state index contributed by atoms with van der Waals surface area (Å²) in [6.07, 6.45) is 0. The van der Waals surface area contributed by atoms with Crippen LogP contribution in [-0.4, -0.2) is 63.6 Å². The first kappa shape index (κ1) is 17.8. The number of phenols is 1. The van der Waals surface area contributed by atoms with Crippen LogP contribution in [0.3, 0.4) is 0 Å². The summed E-state index contributed by atoms with van der Waals surface area (Å²) in [6.45, 7) is 0.848. The molecule has 1 fully saturated rings. The third kappa shape index (κ3) is 3.15. The van der Waals surface area contributed by atoms with E-state index in [9.17, 15) is 18.3 Å². The van der Waals surface area contributed by atoms with Gasteiger partial charge in [-0.3, -0.25) is 4.79 Å². The monoisotopic (exact) mass is 404 g/mol. The first-order valence-electron chi connectivity index (χ1n) is 8.27. The minimum Gasteiger partial charge on any atom is -0.507 e. The van der Waals surface area contributed by atoms with Gasteiger partial charge in [0, 0.05) is 26.2 Å². The van der Waals surface area contributed by atoms with E-state index in [1.165, 1.54) is 16.4 Å². The summed E-state index contributed by atoms with van der Waals surface area (Å²) in [5.74, 6) is -0.392. The van der Waals surface area contributed by atoms with Crippen LogP contribution in [0.4, 0.5) is 0 Å². The Kier molecular flexibility index (Phi) is 4.54.